The van der Waals surface area contributed by atoms with Crippen LogP contribution in [0.5, 0.6) is 0 Å². The predicted molar refractivity (Wildman–Crippen MR) is 198 cm³/mol. The van der Waals surface area contributed by atoms with E-state index in [-0.39, 0.29) is 61.0 Å². The summed E-state index contributed by atoms with van der Waals surface area (Å²) in [5.74, 6) is -2.75. The molecule has 0 aliphatic rings. The van der Waals surface area contributed by atoms with Gasteiger partial charge < -0.3 is 29.7 Å². The fourth-order valence-electron chi connectivity index (χ4n) is 4.86. The first-order chi connectivity index (χ1) is 23.3. The Labute approximate surface area is 336 Å². The number of rotatable bonds is 33. The molecular weight excluding hydrogens is 741 g/mol. The third kappa shape index (κ3) is 65.9. The van der Waals surface area contributed by atoms with Gasteiger partial charge in [-0.3, -0.25) is 0 Å². The van der Waals surface area contributed by atoms with Crippen LogP contribution in [0.2, 0.25) is 0 Å². The van der Waals surface area contributed by atoms with Crippen LogP contribution in [0.1, 0.15) is 213 Å². The monoisotopic (exact) mass is 815 g/mol. The fraction of sp³-hybridized carbons (Fsp3) is 0.786. The van der Waals surface area contributed by atoms with Gasteiger partial charge in [-0.05, 0) is 96.3 Å². The summed E-state index contributed by atoms with van der Waals surface area (Å²) in [7, 11) is 0. The van der Waals surface area contributed by atoms with Crippen LogP contribution in [-0.4, -0.2) is 17.9 Å². The minimum Gasteiger partial charge on any atom is -0.550 e. The van der Waals surface area contributed by atoms with Crippen LogP contribution in [0, 0.1) is 41.7 Å². The Morgan fingerprint density at radius 2 is 0.510 bits per heavy atom. The Morgan fingerprint density at radius 1 is 0.327 bits per heavy atom. The summed E-state index contributed by atoms with van der Waals surface area (Å²) < 4.78 is 0. The zero-order chi connectivity index (χ0) is 36.2. The standard InChI is InChI=1S/3C14H26O2.Ce/c3*1-2-3-4-5-6-7-8-9-10-11-12-13-14(15)16;/h3*5-6H,2-4,7-13H2,1H3,(H,15,16);/q;;;+3/p-3/b3*6-5-;. The summed E-state index contributed by atoms with van der Waals surface area (Å²) >= 11 is 0. The van der Waals surface area contributed by atoms with Crippen molar-refractivity contribution in [3.8, 4) is 0 Å². The quantitative estimate of drug-likeness (QED) is 0.0481. The molecule has 0 aromatic rings. The number of carbonyl (C=O) groups excluding carboxylic acids is 3. The predicted octanol–water partition coefficient (Wildman–Crippen LogP) is 9.64. The summed E-state index contributed by atoms with van der Waals surface area (Å²) in [6.07, 6.45) is 45.3. The van der Waals surface area contributed by atoms with Crippen LogP contribution in [0.25, 0.3) is 0 Å². The minimum atomic E-state index is -0.918. The topological polar surface area (TPSA) is 120 Å². The van der Waals surface area contributed by atoms with Gasteiger partial charge in [0.1, 0.15) is 0 Å². The summed E-state index contributed by atoms with van der Waals surface area (Å²) in [5, 5.41) is 30.4. The molecule has 6 nitrogen and oxygen atoms in total. The third-order valence-electron chi connectivity index (χ3n) is 7.93. The number of carbonyl (C=O) groups is 3. The van der Waals surface area contributed by atoms with Gasteiger partial charge in [0, 0.05) is 17.9 Å². The molecule has 0 saturated carbocycles. The molecule has 0 aliphatic heterocycles. The van der Waals surface area contributed by atoms with E-state index in [1.54, 1.807) is 0 Å². The summed E-state index contributed by atoms with van der Waals surface area (Å²) in [4.78, 5) is 30.4. The molecule has 0 atom stereocenters. The van der Waals surface area contributed by atoms with Crippen LogP contribution < -0.4 is 15.3 Å². The van der Waals surface area contributed by atoms with Gasteiger partial charge in [-0.2, -0.15) is 0 Å². The Hall–Kier alpha value is -0.993. The summed E-state index contributed by atoms with van der Waals surface area (Å²) in [5.41, 5.74) is 0. The van der Waals surface area contributed by atoms with E-state index in [4.69, 9.17) is 0 Å². The molecule has 0 aromatic heterocycles. The van der Waals surface area contributed by atoms with Crippen molar-refractivity contribution in [2.75, 3.05) is 0 Å². The van der Waals surface area contributed by atoms with E-state index in [0.29, 0.717) is 0 Å². The molecule has 0 spiro atoms. The molecular formula is C42H75CeO6. The molecule has 283 valence electrons. The average Bonchev–Trinajstić information content (AvgIpc) is 3.05. The van der Waals surface area contributed by atoms with Crippen molar-refractivity contribution in [2.45, 2.75) is 213 Å². The fourth-order valence-corrected chi connectivity index (χ4v) is 4.86. The van der Waals surface area contributed by atoms with Gasteiger partial charge in [0.05, 0.1) is 0 Å². The number of aliphatic carboxylic acids is 3. The molecule has 0 saturated heterocycles. The maximum Gasteiger partial charge on any atom is 3.00 e. The number of hydrogen-bond acceptors (Lipinski definition) is 6. The van der Waals surface area contributed by atoms with Gasteiger partial charge >= 0.3 is 41.7 Å². The molecule has 0 aromatic carbocycles. The molecule has 0 fully saturated rings. The first kappa shape index (κ1) is 54.8. The van der Waals surface area contributed by atoms with Crippen molar-refractivity contribution in [2.24, 2.45) is 0 Å². The molecule has 0 amide bonds. The van der Waals surface area contributed by atoms with Crippen LogP contribution in [-0.2, 0) is 14.4 Å². The van der Waals surface area contributed by atoms with Crippen molar-refractivity contribution >= 4 is 17.9 Å². The van der Waals surface area contributed by atoms with Gasteiger partial charge in [0.25, 0.3) is 0 Å². The molecule has 0 bridgehead atoms. The third-order valence-corrected chi connectivity index (χ3v) is 7.93. The first-order valence-corrected chi connectivity index (χ1v) is 19.9. The van der Waals surface area contributed by atoms with Crippen molar-refractivity contribution in [3.05, 3.63) is 36.5 Å². The molecule has 0 N–H and O–H groups in total. The van der Waals surface area contributed by atoms with Gasteiger partial charge in [-0.25, -0.2) is 0 Å². The zero-order valence-corrected chi connectivity index (χ0v) is 35.3. The van der Waals surface area contributed by atoms with E-state index in [2.05, 4.69) is 57.2 Å². The normalized spacial score (nSPS) is 10.8. The minimum absolute atomic E-state index is 0. The van der Waals surface area contributed by atoms with Crippen LogP contribution in [0.3, 0.4) is 0 Å². The maximum atomic E-state index is 10.1. The van der Waals surface area contributed by atoms with Gasteiger partial charge in [-0.15, -0.1) is 0 Å². The summed E-state index contributed by atoms with van der Waals surface area (Å²) in [6, 6.07) is 0. The SMILES string of the molecule is CCCC/C=C\CCCCCCCC(=O)[O-].CCCC/C=C\CCCCCCCC(=O)[O-].CCCC/C=C\CCCCCCCC(=O)[O-].[Ce+3]. The Kier molecular flexibility index (Phi) is 57.4. The van der Waals surface area contributed by atoms with Crippen molar-refractivity contribution in [3.63, 3.8) is 0 Å². The maximum absolute atomic E-state index is 10.1. The van der Waals surface area contributed by atoms with Gasteiger partial charge in [-0.1, -0.05) is 154 Å². The Morgan fingerprint density at radius 3 is 0.714 bits per heavy atom. The van der Waals surface area contributed by atoms with E-state index >= 15 is 0 Å². The second-order valence-corrected chi connectivity index (χ2v) is 12.9. The molecule has 7 heteroatoms. The largest absolute Gasteiger partial charge is 3.00 e. The molecule has 0 aliphatic carbocycles. The van der Waals surface area contributed by atoms with E-state index in [9.17, 15) is 29.7 Å². The van der Waals surface area contributed by atoms with Crippen LogP contribution in [0.4, 0.5) is 0 Å². The molecule has 0 unspecified atom stereocenters. The zero-order valence-electron chi connectivity index (χ0n) is 32.1. The van der Waals surface area contributed by atoms with Crippen molar-refractivity contribution in [1.29, 1.82) is 0 Å². The molecule has 1 radical (unpaired) electrons. The van der Waals surface area contributed by atoms with E-state index < -0.39 is 17.9 Å². The number of carboxylic acids is 3. The molecule has 0 heterocycles. The summed E-state index contributed by atoms with van der Waals surface area (Å²) in [6.45, 7) is 6.63. The van der Waals surface area contributed by atoms with Crippen LogP contribution in [0.15, 0.2) is 36.5 Å². The van der Waals surface area contributed by atoms with E-state index in [1.807, 2.05) is 0 Å². The second kappa shape index (κ2) is 51.4. The van der Waals surface area contributed by atoms with Gasteiger partial charge in [0.15, 0.2) is 0 Å². The van der Waals surface area contributed by atoms with E-state index in [0.717, 1.165) is 57.8 Å². The second-order valence-electron chi connectivity index (χ2n) is 12.9. The van der Waals surface area contributed by atoms with Crippen molar-refractivity contribution in [1.82, 2.24) is 0 Å². The number of carboxylic acid groups (broad SMARTS) is 3. The Bertz CT molecular complexity index is 662. The van der Waals surface area contributed by atoms with Crippen molar-refractivity contribution < 1.29 is 71.5 Å². The number of unbranched alkanes of at least 4 members (excludes halogenated alkanes) is 21. The van der Waals surface area contributed by atoms with Gasteiger partial charge in [0.2, 0.25) is 0 Å². The van der Waals surface area contributed by atoms with E-state index in [1.165, 1.54) is 116 Å². The number of allylic oxidation sites excluding steroid dienone is 6. The smallest absolute Gasteiger partial charge is 0.550 e. The average molecular weight is 816 g/mol. The Balaban J connectivity index is -0.000000307. The number of hydrogen-bond donors (Lipinski definition) is 0. The van der Waals surface area contributed by atoms with Crippen LogP contribution >= 0.6 is 0 Å². The molecule has 0 rings (SSSR count). The first-order valence-electron chi connectivity index (χ1n) is 19.9. The molecule has 49 heavy (non-hydrogen) atoms.